The Balaban J connectivity index is 1.25. The highest BCUT2D eigenvalue weighted by atomic mass is 32.1. The summed E-state index contributed by atoms with van der Waals surface area (Å²) in [5, 5.41) is 9.10. The third kappa shape index (κ3) is 3.18. The molecule has 8 aromatic rings. The lowest BCUT2D eigenvalue weighted by Gasteiger charge is -2.40. The van der Waals surface area contributed by atoms with Crippen molar-refractivity contribution < 1.29 is 0 Å². The van der Waals surface area contributed by atoms with Crippen molar-refractivity contribution in [3.05, 3.63) is 179 Å². The van der Waals surface area contributed by atoms with Crippen molar-refractivity contribution in [1.82, 2.24) is 0 Å². The number of anilines is 2. The van der Waals surface area contributed by atoms with Crippen LogP contribution in [-0.4, -0.2) is 0 Å². The van der Waals surface area contributed by atoms with E-state index >= 15 is 0 Å². The molecule has 10 rings (SSSR count). The van der Waals surface area contributed by atoms with Gasteiger partial charge in [-0.25, -0.2) is 0 Å². The Hall–Kier alpha value is -5.18. The molecule has 0 radical (unpaired) electrons. The molecule has 0 bridgehead atoms. The Bertz CT molecular complexity index is 2420. The van der Waals surface area contributed by atoms with E-state index in [2.05, 4.69) is 151 Å². The highest BCUT2D eigenvalue weighted by Gasteiger charge is 2.49. The van der Waals surface area contributed by atoms with E-state index in [0.717, 1.165) is 17.8 Å². The number of hydrogen-bond acceptors (Lipinski definition) is 2. The molecule has 0 aliphatic heterocycles. The summed E-state index contributed by atoms with van der Waals surface area (Å²) in [6, 6.07) is 54.3. The Morgan fingerprint density at radius 2 is 1.16 bits per heavy atom. The standard InChI is InChI=1S/C42H27NS/c1-2-11-27-24-36-29(22-26(27)10-1)23-28-20-21-30(43-38-17-9-19-40-41(38)33-14-5-8-18-39(33)44-40)25-37(28)42(36)34-15-6-3-12-31(34)32-13-4-7-16-35(32)42/h1-22,24-25,43H,23H2. The molecular weight excluding hydrogens is 551 g/mol. The number of thiophene rings is 1. The van der Waals surface area contributed by atoms with Gasteiger partial charge >= 0.3 is 0 Å². The summed E-state index contributed by atoms with van der Waals surface area (Å²) in [5.41, 5.74) is 12.9. The highest BCUT2D eigenvalue weighted by molar-refractivity contribution is 7.26. The van der Waals surface area contributed by atoms with Gasteiger partial charge in [-0.1, -0.05) is 109 Å². The number of fused-ring (bicyclic) bond motifs is 13. The molecule has 2 heteroatoms. The lowest BCUT2D eigenvalue weighted by Crippen LogP contribution is -2.34. The predicted molar refractivity (Wildman–Crippen MR) is 187 cm³/mol. The van der Waals surface area contributed by atoms with Crippen LogP contribution in [0, 0.1) is 0 Å². The van der Waals surface area contributed by atoms with Crippen molar-refractivity contribution >= 4 is 53.7 Å². The van der Waals surface area contributed by atoms with Gasteiger partial charge in [0.05, 0.1) is 5.41 Å². The van der Waals surface area contributed by atoms with Gasteiger partial charge in [0, 0.05) is 31.5 Å². The maximum Gasteiger partial charge on any atom is 0.0720 e. The van der Waals surface area contributed by atoms with Crippen molar-refractivity contribution in [2.45, 2.75) is 11.8 Å². The fraction of sp³-hybridized carbons (Fsp3) is 0.0476. The fourth-order valence-electron chi connectivity index (χ4n) is 8.14. The summed E-state index contributed by atoms with van der Waals surface area (Å²) < 4.78 is 2.63. The molecule has 1 aromatic heterocycles. The van der Waals surface area contributed by atoms with E-state index < -0.39 is 0 Å². The third-order valence-electron chi connectivity index (χ3n) is 9.90. The van der Waals surface area contributed by atoms with Gasteiger partial charge in [-0.05, 0) is 98.1 Å². The number of hydrogen-bond donors (Lipinski definition) is 1. The minimum atomic E-state index is -0.390. The topological polar surface area (TPSA) is 12.0 Å². The first-order valence-electron chi connectivity index (χ1n) is 15.3. The van der Waals surface area contributed by atoms with Crippen LogP contribution in [0.1, 0.15) is 33.4 Å². The molecule has 0 amide bonds. The minimum absolute atomic E-state index is 0.390. The summed E-state index contributed by atoms with van der Waals surface area (Å²) in [6.07, 6.45) is 0.923. The third-order valence-corrected chi connectivity index (χ3v) is 11.0. The molecule has 0 unspecified atom stereocenters. The molecule has 2 aliphatic rings. The summed E-state index contributed by atoms with van der Waals surface area (Å²) in [7, 11) is 0. The number of benzene rings is 7. The van der Waals surface area contributed by atoms with Gasteiger partial charge in [-0.15, -0.1) is 11.3 Å². The van der Waals surface area contributed by atoms with Crippen LogP contribution in [0.4, 0.5) is 11.4 Å². The van der Waals surface area contributed by atoms with Crippen LogP contribution in [0.5, 0.6) is 0 Å². The lowest BCUT2D eigenvalue weighted by molar-refractivity contribution is 0.724. The molecule has 0 atom stereocenters. The van der Waals surface area contributed by atoms with E-state index in [1.807, 2.05) is 11.3 Å². The fourth-order valence-corrected chi connectivity index (χ4v) is 9.27. The van der Waals surface area contributed by atoms with Crippen molar-refractivity contribution in [1.29, 1.82) is 0 Å². The van der Waals surface area contributed by atoms with Crippen molar-refractivity contribution in [3.63, 3.8) is 0 Å². The van der Waals surface area contributed by atoms with Gasteiger partial charge in [0.25, 0.3) is 0 Å². The molecule has 7 aromatic carbocycles. The molecule has 1 heterocycles. The van der Waals surface area contributed by atoms with E-state index in [-0.39, 0.29) is 5.41 Å². The molecule has 0 saturated heterocycles. The van der Waals surface area contributed by atoms with Crippen molar-refractivity contribution in [2.75, 3.05) is 5.32 Å². The average molecular weight is 578 g/mol. The molecule has 206 valence electrons. The first-order valence-corrected chi connectivity index (χ1v) is 16.1. The zero-order valence-electron chi connectivity index (χ0n) is 24.0. The van der Waals surface area contributed by atoms with E-state index in [1.54, 1.807) is 0 Å². The van der Waals surface area contributed by atoms with Crippen LogP contribution < -0.4 is 5.32 Å². The Kier molecular flexibility index (Phi) is 4.92. The van der Waals surface area contributed by atoms with Crippen molar-refractivity contribution in [2.24, 2.45) is 0 Å². The summed E-state index contributed by atoms with van der Waals surface area (Å²) in [6.45, 7) is 0. The molecule has 1 N–H and O–H groups in total. The monoisotopic (exact) mass is 577 g/mol. The molecule has 0 saturated carbocycles. The average Bonchev–Trinajstić information content (AvgIpc) is 3.60. The van der Waals surface area contributed by atoms with Crippen LogP contribution in [0.15, 0.2) is 146 Å². The normalized spacial score (nSPS) is 14.0. The minimum Gasteiger partial charge on any atom is -0.355 e. The second-order valence-corrected chi connectivity index (χ2v) is 13.2. The summed E-state index contributed by atoms with van der Waals surface area (Å²) >= 11 is 1.86. The first-order chi connectivity index (χ1) is 21.8. The zero-order valence-corrected chi connectivity index (χ0v) is 24.8. The van der Waals surface area contributed by atoms with Gasteiger partial charge in [0.2, 0.25) is 0 Å². The summed E-state index contributed by atoms with van der Waals surface area (Å²) in [4.78, 5) is 0. The van der Waals surface area contributed by atoms with E-state index in [9.17, 15) is 0 Å². The predicted octanol–water partition coefficient (Wildman–Crippen LogP) is 11.2. The van der Waals surface area contributed by atoms with Gasteiger partial charge in [-0.2, -0.15) is 0 Å². The molecular formula is C42H27NS. The Morgan fingerprint density at radius 3 is 1.98 bits per heavy atom. The van der Waals surface area contributed by atoms with E-state index in [4.69, 9.17) is 0 Å². The Labute approximate surface area is 260 Å². The van der Waals surface area contributed by atoms with Gasteiger partial charge < -0.3 is 5.32 Å². The van der Waals surface area contributed by atoms with Crippen LogP contribution in [0.3, 0.4) is 0 Å². The first kappa shape index (κ1) is 24.3. The largest absolute Gasteiger partial charge is 0.355 e. The lowest BCUT2D eigenvalue weighted by atomic mass is 9.61. The second kappa shape index (κ2) is 8.92. The molecule has 1 spiro atoms. The molecule has 2 aliphatic carbocycles. The maximum absolute atomic E-state index is 3.89. The van der Waals surface area contributed by atoms with Crippen LogP contribution in [0.25, 0.3) is 42.1 Å². The van der Waals surface area contributed by atoms with Gasteiger partial charge in [0.15, 0.2) is 0 Å². The SMILES string of the molecule is c1ccc2c(c1)-c1ccccc1C21c2cc(Nc3cccc4sc5ccccc5c34)ccc2Cc2cc3ccccc3cc21. The smallest absolute Gasteiger partial charge is 0.0720 e. The van der Waals surface area contributed by atoms with Crippen LogP contribution in [-0.2, 0) is 11.8 Å². The maximum atomic E-state index is 3.89. The van der Waals surface area contributed by atoms with Gasteiger partial charge in [0.1, 0.15) is 0 Å². The summed E-state index contributed by atoms with van der Waals surface area (Å²) in [5.74, 6) is 0. The molecule has 1 nitrogen and oxygen atoms in total. The van der Waals surface area contributed by atoms with Crippen LogP contribution in [0.2, 0.25) is 0 Å². The van der Waals surface area contributed by atoms with E-state index in [0.29, 0.717) is 0 Å². The quantitative estimate of drug-likeness (QED) is 0.215. The Morgan fingerprint density at radius 1 is 0.500 bits per heavy atom. The van der Waals surface area contributed by atoms with Crippen molar-refractivity contribution in [3.8, 4) is 11.1 Å². The van der Waals surface area contributed by atoms with Crippen LogP contribution >= 0.6 is 11.3 Å². The second-order valence-electron chi connectivity index (χ2n) is 12.1. The van der Waals surface area contributed by atoms with E-state index in [1.165, 1.54) is 75.5 Å². The molecule has 0 fully saturated rings. The number of rotatable bonds is 2. The van der Waals surface area contributed by atoms with Gasteiger partial charge in [-0.3, -0.25) is 0 Å². The zero-order chi connectivity index (χ0) is 28.8. The molecule has 44 heavy (non-hydrogen) atoms. The highest BCUT2D eigenvalue weighted by Crippen LogP contribution is 2.60. The number of nitrogens with one attached hydrogen (secondary N) is 1.